The maximum Gasteiger partial charge on any atom is 0.220 e. The van der Waals surface area contributed by atoms with Gasteiger partial charge >= 0.3 is 0 Å². The number of hydrogen-bond donors (Lipinski definition) is 9. The second-order valence-corrected chi connectivity index (χ2v) is 18.0. The normalized spacial score (nSPS) is 27.8. The van der Waals surface area contributed by atoms with E-state index < -0.39 is 86.8 Å². The van der Waals surface area contributed by atoms with E-state index in [2.05, 4.69) is 19.2 Å². The molecule has 2 rings (SSSR count). The van der Waals surface area contributed by atoms with Gasteiger partial charge in [0.2, 0.25) is 5.91 Å². The van der Waals surface area contributed by atoms with Crippen molar-refractivity contribution in [2.24, 2.45) is 0 Å². The first-order chi connectivity index (χ1) is 30.1. The van der Waals surface area contributed by atoms with Gasteiger partial charge in [-0.15, -0.1) is 0 Å². The van der Waals surface area contributed by atoms with Crippen LogP contribution in [0.15, 0.2) is 12.2 Å². The molecule has 14 nitrogen and oxygen atoms in total. The van der Waals surface area contributed by atoms with Gasteiger partial charge < -0.3 is 65.1 Å². The minimum atomic E-state index is -1.78. The highest BCUT2D eigenvalue weighted by Gasteiger charge is 2.51. The van der Waals surface area contributed by atoms with Gasteiger partial charge in [0, 0.05) is 6.42 Å². The number of allylic oxidation sites excluding steroid dienone is 1. The molecule has 0 saturated carbocycles. The molecule has 0 aromatic heterocycles. The fourth-order valence-electron chi connectivity index (χ4n) is 8.35. The number of aliphatic hydroxyl groups is 8. The van der Waals surface area contributed by atoms with Crippen LogP contribution in [0.4, 0.5) is 0 Å². The molecule has 2 saturated heterocycles. The Morgan fingerprint density at radius 2 is 1.00 bits per heavy atom. The predicted molar refractivity (Wildman–Crippen MR) is 240 cm³/mol. The van der Waals surface area contributed by atoms with Crippen molar-refractivity contribution in [2.75, 3.05) is 19.8 Å². The van der Waals surface area contributed by atoms with E-state index in [-0.39, 0.29) is 18.9 Å². The van der Waals surface area contributed by atoms with Gasteiger partial charge in [-0.25, -0.2) is 0 Å². The summed E-state index contributed by atoms with van der Waals surface area (Å²) in [5.41, 5.74) is 0. The molecule has 4 unspecified atom stereocenters. The molecule has 2 aliphatic heterocycles. The lowest BCUT2D eigenvalue weighted by molar-refractivity contribution is -0.359. The van der Waals surface area contributed by atoms with Gasteiger partial charge in [-0.1, -0.05) is 180 Å². The van der Waals surface area contributed by atoms with E-state index in [9.17, 15) is 45.6 Å². The van der Waals surface area contributed by atoms with E-state index >= 15 is 0 Å². The number of unbranched alkanes of at least 4 members (excludes halogenated alkanes) is 25. The van der Waals surface area contributed by atoms with E-state index in [4.69, 9.17) is 18.9 Å². The summed E-state index contributed by atoms with van der Waals surface area (Å²) < 4.78 is 22.7. The number of ether oxygens (including phenoxy) is 4. The molecule has 2 fully saturated rings. The molecule has 0 bridgehead atoms. The first kappa shape index (κ1) is 56.9. The molecular weight excluding hydrogens is 799 g/mol. The molecule has 12 atom stereocenters. The largest absolute Gasteiger partial charge is 0.394 e. The number of amides is 1. The van der Waals surface area contributed by atoms with Gasteiger partial charge in [0.1, 0.15) is 48.8 Å². The summed E-state index contributed by atoms with van der Waals surface area (Å²) in [6.45, 7) is 2.78. The van der Waals surface area contributed by atoms with Gasteiger partial charge in [0.25, 0.3) is 0 Å². The molecule has 2 heterocycles. The zero-order valence-corrected chi connectivity index (χ0v) is 38.6. The van der Waals surface area contributed by atoms with E-state index in [1.807, 2.05) is 6.08 Å². The Kier molecular flexibility index (Phi) is 32.9. The van der Waals surface area contributed by atoms with E-state index in [0.717, 1.165) is 38.5 Å². The third-order valence-corrected chi connectivity index (χ3v) is 12.5. The average Bonchev–Trinajstić information content (AvgIpc) is 3.27. The molecule has 0 aliphatic carbocycles. The van der Waals surface area contributed by atoms with E-state index in [1.165, 1.54) is 128 Å². The topological polar surface area (TPSA) is 228 Å². The molecule has 0 spiro atoms. The standard InChI is InChI=1S/C48H91NO13/c1-3-5-7-9-11-13-15-17-18-19-20-21-23-25-27-29-31-37(52)36(49-40(53)32-30-28-26-24-22-16-14-12-10-8-6-4-2)35-59-47-45(58)43(56)46(39(34-51)61-47)62-48-44(57)42(55)41(54)38(33-50)60-48/h29,31,36-39,41-48,50-52,54-58H,3-28,30,32-35H2,1-2H3,(H,49,53)/b31-29+/t36-,37+,38+,39+,41-,42?,43?,44?,45?,46+,47+,48-/m0/s1. The van der Waals surface area contributed by atoms with Crippen LogP contribution in [-0.4, -0.2) is 140 Å². The number of carbonyl (C=O) groups is 1. The maximum absolute atomic E-state index is 13.1. The van der Waals surface area contributed by atoms with E-state index in [1.54, 1.807) is 6.08 Å². The number of hydrogen-bond acceptors (Lipinski definition) is 13. The summed E-state index contributed by atoms with van der Waals surface area (Å²) in [5.74, 6) is -0.239. The van der Waals surface area contributed by atoms with Crippen molar-refractivity contribution >= 4 is 5.91 Å². The second-order valence-electron chi connectivity index (χ2n) is 18.0. The number of nitrogens with one attached hydrogen (secondary N) is 1. The van der Waals surface area contributed by atoms with Crippen LogP contribution in [0.3, 0.4) is 0 Å². The lowest BCUT2D eigenvalue weighted by atomic mass is 9.97. The summed E-state index contributed by atoms with van der Waals surface area (Å²) in [7, 11) is 0. The van der Waals surface area contributed by atoms with Crippen LogP contribution in [0.5, 0.6) is 0 Å². The molecular formula is C48H91NO13. The SMILES string of the molecule is CCCCCCCCCCCCCCCC/C=C/[C@@H](O)[C@H](CO[C@@H]1O[C@H](CO)[C@@H](O[C@@H]2O[C@H](CO)[C@H](O)C(O)C2O)C(O)C1O)NC(=O)CCCCCCCCCCCCCC. The monoisotopic (exact) mass is 890 g/mol. The fourth-order valence-corrected chi connectivity index (χ4v) is 8.35. The molecule has 0 aromatic carbocycles. The molecule has 9 N–H and O–H groups in total. The van der Waals surface area contributed by atoms with Gasteiger partial charge in [-0.2, -0.15) is 0 Å². The van der Waals surface area contributed by atoms with E-state index in [0.29, 0.717) is 6.42 Å². The Bertz CT molecular complexity index is 1100. The van der Waals surface area contributed by atoms with Crippen molar-refractivity contribution in [1.82, 2.24) is 5.32 Å². The Hall–Kier alpha value is -1.27. The summed E-state index contributed by atoms with van der Waals surface area (Å²) in [5, 5.41) is 86.6. The zero-order valence-electron chi connectivity index (χ0n) is 38.6. The Labute approximate surface area is 374 Å². The highest BCUT2D eigenvalue weighted by atomic mass is 16.7. The van der Waals surface area contributed by atoms with Gasteiger partial charge in [0.15, 0.2) is 12.6 Å². The number of carbonyl (C=O) groups excluding carboxylic acids is 1. The molecule has 2 aliphatic rings. The highest BCUT2D eigenvalue weighted by molar-refractivity contribution is 5.76. The molecule has 366 valence electrons. The lowest BCUT2D eigenvalue weighted by Crippen LogP contribution is -2.65. The average molecular weight is 890 g/mol. The van der Waals surface area contributed by atoms with Crippen LogP contribution >= 0.6 is 0 Å². The Morgan fingerprint density at radius 1 is 0.565 bits per heavy atom. The highest BCUT2D eigenvalue weighted by Crippen LogP contribution is 2.30. The van der Waals surface area contributed by atoms with Crippen molar-refractivity contribution in [3.63, 3.8) is 0 Å². The van der Waals surface area contributed by atoms with Crippen LogP contribution in [-0.2, 0) is 23.7 Å². The van der Waals surface area contributed by atoms with Crippen LogP contribution in [0, 0.1) is 0 Å². The smallest absolute Gasteiger partial charge is 0.220 e. The maximum atomic E-state index is 13.1. The molecule has 14 heteroatoms. The quantitative estimate of drug-likeness (QED) is 0.0257. The lowest BCUT2D eigenvalue weighted by Gasteiger charge is -2.46. The second kappa shape index (κ2) is 35.9. The van der Waals surface area contributed by atoms with Gasteiger partial charge in [-0.3, -0.25) is 4.79 Å². The summed E-state index contributed by atoms with van der Waals surface area (Å²) in [6, 6.07) is -0.906. The van der Waals surface area contributed by atoms with Gasteiger partial charge in [0.05, 0.1) is 32.0 Å². The third-order valence-electron chi connectivity index (χ3n) is 12.5. The predicted octanol–water partition coefficient (Wildman–Crippen LogP) is 5.99. The molecule has 0 radical (unpaired) electrons. The zero-order chi connectivity index (χ0) is 45.4. The fraction of sp³-hybridized carbons (Fsp3) is 0.938. The third kappa shape index (κ3) is 23.3. The summed E-state index contributed by atoms with van der Waals surface area (Å²) in [4.78, 5) is 13.1. The number of rotatable bonds is 38. The van der Waals surface area contributed by atoms with Crippen LogP contribution in [0.1, 0.15) is 194 Å². The van der Waals surface area contributed by atoms with Crippen molar-refractivity contribution in [3.8, 4) is 0 Å². The van der Waals surface area contributed by atoms with Crippen LogP contribution < -0.4 is 5.32 Å². The first-order valence-corrected chi connectivity index (χ1v) is 24.9. The van der Waals surface area contributed by atoms with Crippen LogP contribution in [0.2, 0.25) is 0 Å². The molecule has 1 amide bonds. The Morgan fingerprint density at radius 3 is 1.48 bits per heavy atom. The minimum absolute atomic E-state index is 0.239. The Balaban J connectivity index is 1.87. The van der Waals surface area contributed by atoms with Gasteiger partial charge in [-0.05, 0) is 19.3 Å². The summed E-state index contributed by atoms with van der Waals surface area (Å²) >= 11 is 0. The first-order valence-electron chi connectivity index (χ1n) is 24.9. The van der Waals surface area contributed by atoms with Crippen molar-refractivity contribution in [2.45, 2.75) is 267 Å². The van der Waals surface area contributed by atoms with Crippen molar-refractivity contribution < 1.29 is 64.6 Å². The minimum Gasteiger partial charge on any atom is -0.394 e. The molecule has 62 heavy (non-hydrogen) atoms. The van der Waals surface area contributed by atoms with Crippen molar-refractivity contribution in [1.29, 1.82) is 0 Å². The van der Waals surface area contributed by atoms with Crippen molar-refractivity contribution in [3.05, 3.63) is 12.2 Å². The summed E-state index contributed by atoms with van der Waals surface area (Å²) in [6.07, 6.45) is 19.6. The number of aliphatic hydroxyl groups excluding tert-OH is 8. The van der Waals surface area contributed by atoms with Crippen LogP contribution in [0.25, 0.3) is 0 Å². The molecule has 0 aromatic rings.